The number of aromatic amines is 1. The summed E-state index contributed by atoms with van der Waals surface area (Å²) in [6.45, 7) is 3.73. The van der Waals surface area contributed by atoms with Gasteiger partial charge in [-0.25, -0.2) is 0 Å². The van der Waals surface area contributed by atoms with E-state index in [2.05, 4.69) is 15.5 Å². The average molecular weight is 264 g/mol. The number of nitrogens with zero attached hydrogens (tertiary/aromatic N) is 1. The molecular formula is C10H15Cl2N3O. The number of carbonyl (C=O) groups excluding carboxylic acids is 1. The van der Waals surface area contributed by atoms with E-state index in [1.807, 2.05) is 6.92 Å². The van der Waals surface area contributed by atoms with Crippen LogP contribution in [-0.2, 0) is 0 Å². The van der Waals surface area contributed by atoms with Gasteiger partial charge in [-0.2, -0.15) is 5.10 Å². The van der Waals surface area contributed by atoms with Gasteiger partial charge in [0.1, 0.15) is 0 Å². The number of amides is 1. The van der Waals surface area contributed by atoms with Crippen molar-refractivity contribution >= 4 is 29.1 Å². The third-order valence-electron chi connectivity index (χ3n) is 2.64. The first-order chi connectivity index (χ1) is 7.58. The standard InChI is InChI=1S/C10H15Cl2N3O/c1-3-10(5-11,6-12)14-9(16)8-4-13-15-7(8)2/h4H,3,5-6H2,1-2H3,(H,13,15)(H,14,16). The maximum Gasteiger partial charge on any atom is 0.255 e. The molecular weight excluding hydrogens is 249 g/mol. The number of nitrogens with one attached hydrogen (secondary N) is 2. The van der Waals surface area contributed by atoms with Gasteiger partial charge in [-0.05, 0) is 13.3 Å². The third-order valence-corrected chi connectivity index (χ3v) is 3.66. The zero-order valence-electron chi connectivity index (χ0n) is 9.31. The van der Waals surface area contributed by atoms with E-state index in [0.717, 1.165) is 5.69 Å². The number of hydrogen-bond acceptors (Lipinski definition) is 2. The van der Waals surface area contributed by atoms with E-state index in [-0.39, 0.29) is 17.7 Å². The fraction of sp³-hybridized carbons (Fsp3) is 0.600. The van der Waals surface area contributed by atoms with Crippen LogP contribution in [0.4, 0.5) is 0 Å². The van der Waals surface area contributed by atoms with E-state index in [1.165, 1.54) is 6.20 Å². The Bertz CT molecular complexity index is 352. The molecule has 6 heteroatoms. The number of halogens is 2. The first kappa shape index (κ1) is 13.3. The Morgan fingerprint density at radius 1 is 1.56 bits per heavy atom. The predicted molar refractivity (Wildman–Crippen MR) is 65.3 cm³/mol. The summed E-state index contributed by atoms with van der Waals surface area (Å²) in [5.41, 5.74) is 0.698. The highest BCUT2D eigenvalue weighted by atomic mass is 35.5. The van der Waals surface area contributed by atoms with Crippen LogP contribution in [0.2, 0.25) is 0 Å². The molecule has 16 heavy (non-hydrogen) atoms. The fourth-order valence-electron chi connectivity index (χ4n) is 1.27. The van der Waals surface area contributed by atoms with Crippen molar-refractivity contribution in [2.24, 2.45) is 0 Å². The molecule has 1 aromatic rings. The molecule has 0 bridgehead atoms. The normalized spacial score (nSPS) is 11.5. The van der Waals surface area contributed by atoms with E-state index in [0.29, 0.717) is 12.0 Å². The lowest BCUT2D eigenvalue weighted by molar-refractivity contribution is 0.0913. The van der Waals surface area contributed by atoms with Crippen LogP contribution in [0.1, 0.15) is 29.4 Å². The third kappa shape index (κ3) is 2.68. The smallest absolute Gasteiger partial charge is 0.255 e. The molecule has 0 aliphatic carbocycles. The lowest BCUT2D eigenvalue weighted by Crippen LogP contribution is -2.51. The Morgan fingerprint density at radius 2 is 2.19 bits per heavy atom. The van der Waals surface area contributed by atoms with Crippen LogP contribution in [0.5, 0.6) is 0 Å². The zero-order valence-corrected chi connectivity index (χ0v) is 10.8. The monoisotopic (exact) mass is 263 g/mol. The van der Waals surface area contributed by atoms with E-state index in [1.54, 1.807) is 6.92 Å². The lowest BCUT2D eigenvalue weighted by atomic mass is 10.0. The quantitative estimate of drug-likeness (QED) is 0.800. The van der Waals surface area contributed by atoms with Crippen molar-refractivity contribution in [2.45, 2.75) is 25.8 Å². The topological polar surface area (TPSA) is 57.8 Å². The Balaban J connectivity index is 2.81. The minimum Gasteiger partial charge on any atom is -0.344 e. The molecule has 4 nitrogen and oxygen atoms in total. The van der Waals surface area contributed by atoms with Gasteiger partial charge in [0.2, 0.25) is 0 Å². The summed E-state index contributed by atoms with van der Waals surface area (Å²) in [5, 5.41) is 9.37. The van der Waals surface area contributed by atoms with Crippen LogP contribution in [0.15, 0.2) is 6.20 Å². The predicted octanol–water partition coefficient (Wildman–Crippen LogP) is 2.07. The van der Waals surface area contributed by atoms with Crippen LogP contribution in [0.25, 0.3) is 0 Å². The molecule has 0 fully saturated rings. The van der Waals surface area contributed by atoms with Gasteiger partial charge in [0.15, 0.2) is 0 Å². The van der Waals surface area contributed by atoms with Crippen molar-refractivity contribution in [1.29, 1.82) is 0 Å². The molecule has 0 atom stereocenters. The molecule has 2 N–H and O–H groups in total. The molecule has 1 amide bonds. The van der Waals surface area contributed by atoms with Crippen LogP contribution >= 0.6 is 23.2 Å². The van der Waals surface area contributed by atoms with E-state index in [4.69, 9.17) is 23.2 Å². The Morgan fingerprint density at radius 3 is 2.56 bits per heavy atom. The number of rotatable bonds is 5. The Labute approximate surface area is 105 Å². The summed E-state index contributed by atoms with van der Waals surface area (Å²) in [6, 6.07) is 0. The van der Waals surface area contributed by atoms with E-state index < -0.39 is 5.54 Å². The number of alkyl halides is 2. The van der Waals surface area contributed by atoms with Gasteiger partial charge in [-0.3, -0.25) is 9.89 Å². The molecule has 0 unspecified atom stereocenters. The first-order valence-electron chi connectivity index (χ1n) is 5.03. The van der Waals surface area contributed by atoms with Gasteiger partial charge in [-0.15, -0.1) is 23.2 Å². The largest absolute Gasteiger partial charge is 0.344 e. The summed E-state index contributed by atoms with van der Waals surface area (Å²) in [4.78, 5) is 11.9. The van der Waals surface area contributed by atoms with Crippen LogP contribution < -0.4 is 5.32 Å². The Kier molecular flexibility index (Phi) is 4.62. The summed E-state index contributed by atoms with van der Waals surface area (Å²) in [6.07, 6.45) is 2.18. The molecule has 0 saturated carbocycles. The summed E-state index contributed by atoms with van der Waals surface area (Å²) in [5.74, 6) is 0.375. The van der Waals surface area contributed by atoms with Crippen LogP contribution in [0, 0.1) is 6.92 Å². The summed E-state index contributed by atoms with van der Waals surface area (Å²) < 4.78 is 0. The minimum atomic E-state index is -0.552. The number of aryl methyl sites for hydroxylation is 1. The van der Waals surface area contributed by atoms with Crippen molar-refractivity contribution < 1.29 is 4.79 Å². The van der Waals surface area contributed by atoms with Gasteiger partial charge in [0, 0.05) is 17.5 Å². The molecule has 0 aliphatic rings. The highest BCUT2D eigenvalue weighted by molar-refractivity contribution is 6.22. The molecule has 0 saturated heterocycles. The molecule has 0 aromatic carbocycles. The molecule has 1 rings (SSSR count). The summed E-state index contributed by atoms with van der Waals surface area (Å²) >= 11 is 11.7. The number of aromatic nitrogens is 2. The van der Waals surface area contributed by atoms with E-state index >= 15 is 0 Å². The highest BCUT2D eigenvalue weighted by Gasteiger charge is 2.29. The molecule has 1 heterocycles. The van der Waals surface area contributed by atoms with Crippen molar-refractivity contribution in [3.8, 4) is 0 Å². The maximum absolute atomic E-state index is 11.9. The maximum atomic E-state index is 11.9. The zero-order chi connectivity index (χ0) is 12.2. The highest BCUT2D eigenvalue weighted by Crippen LogP contribution is 2.16. The van der Waals surface area contributed by atoms with Crippen molar-refractivity contribution in [1.82, 2.24) is 15.5 Å². The number of H-pyrrole nitrogens is 1. The molecule has 0 aliphatic heterocycles. The Hall–Kier alpha value is -0.740. The second kappa shape index (κ2) is 5.55. The van der Waals surface area contributed by atoms with Crippen molar-refractivity contribution in [3.05, 3.63) is 17.5 Å². The first-order valence-corrected chi connectivity index (χ1v) is 6.10. The molecule has 0 radical (unpaired) electrons. The molecule has 90 valence electrons. The number of hydrogen-bond donors (Lipinski definition) is 2. The molecule has 0 spiro atoms. The molecule has 1 aromatic heterocycles. The van der Waals surface area contributed by atoms with Gasteiger partial charge in [0.25, 0.3) is 5.91 Å². The van der Waals surface area contributed by atoms with Crippen LogP contribution in [-0.4, -0.2) is 33.4 Å². The van der Waals surface area contributed by atoms with Gasteiger partial charge >= 0.3 is 0 Å². The van der Waals surface area contributed by atoms with Crippen molar-refractivity contribution in [3.63, 3.8) is 0 Å². The van der Waals surface area contributed by atoms with E-state index in [9.17, 15) is 4.79 Å². The lowest BCUT2D eigenvalue weighted by Gasteiger charge is -2.29. The van der Waals surface area contributed by atoms with Crippen molar-refractivity contribution in [2.75, 3.05) is 11.8 Å². The SMILES string of the molecule is CCC(CCl)(CCl)NC(=O)c1cn[nH]c1C. The summed E-state index contributed by atoms with van der Waals surface area (Å²) in [7, 11) is 0. The van der Waals surface area contributed by atoms with Gasteiger partial charge in [0.05, 0.1) is 17.3 Å². The van der Waals surface area contributed by atoms with Gasteiger partial charge < -0.3 is 5.32 Å². The number of carbonyl (C=O) groups is 1. The van der Waals surface area contributed by atoms with Gasteiger partial charge in [-0.1, -0.05) is 6.92 Å². The minimum absolute atomic E-state index is 0.200. The fourth-order valence-corrected chi connectivity index (χ4v) is 2.07. The second-order valence-electron chi connectivity index (χ2n) is 3.76. The second-order valence-corrected chi connectivity index (χ2v) is 4.30. The average Bonchev–Trinajstić information content (AvgIpc) is 2.72. The van der Waals surface area contributed by atoms with Crippen LogP contribution in [0.3, 0.4) is 0 Å².